The number of carboxylic acids is 1. The molecule has 0 spiro atoms. The molecular weight excluding hydrogens is 338 g/mol. The van der Waals surface area contributed by atoms with E-state index in [2.05, 4.69) is 15.9 Å². The molecule has 1 rings (SSSR count). The Morgan fingerprint density at radius 1 is 1.29 bits per heavy atom. The van der Waals surface area contributed by atoms with E-state index in [0.717, 1.165) is 4.47 Å². The number of aliphatic carboxylic acids is 1. The number of carbonyl (C=O) groups excluding carboxylic acids is 1. The van der Waals surface area contributed by atoms with Crippen molar-refractivity contribution in [2.24, 2.45) is 5.92 Å². The summed E-state index contributed by atoms with van der Waals surface area (Å²) in [6, 6.07) is 7.20. The Labute approximate surface area is 133 Å². The number of ether oxygens (including phenoxy) is 1. The summed E-state index contributed by atoms with van der Waals surface area (Å²) < 4.78 is 6.53. The molecule has 1 N–H and O–H groups in total. The summed E-state index contributed by atoms with van der Waals surface area (Å²) in [4.78, 5) is 24.7. The first-order valence-corrected chi connectivity index (χ1v) is 7.58. The molecule has 2 atom stereocenters. The number of carbonyl (C=O) groups is 2. The molecule has 0 radical (unpaired) electrons. The zero-order valence-electron chi connectivity index (χ0n) is 12.4. The maximum atomic E-state index is 12.3. The van der Waals surface area contributed by atoms with Gasteiger partial charge >= 0.3 is 5.97 Å². The molecule has 2 unspecified atom stereocenters. The number of amides is 1. The molecule has 116 valence electrons. The van der Waals surface area contributed by atoms with Crippen molar-refractivity contribution in [1.29, 1.82) is 0 Å². The van der Waals surface area contributed by atoms with Gasteiger partial charge in [-0.3, -0.25) is 9.59 Å². The SMILES string of the molecule is CCN(CC(C)C(=O)O)C(=O)C(C)Oc1ccc(Br)cc1. The normalized spacial score (nSPS) is 13.3. The third kappa shape index (κ3) is 5.38. The van der Waals surface area contributed by atoms with E-state index in [4.69, 9.17) is 9.84 Å². The van der Waals surface area contributed by atoms with Gasteiger partial charge in [-0.15, -0.1) is 0 Å². The van der Waals surface area contributed by atoms with E-state index in [9.17, 15) is 9.59 Å². The minimum absolute atomic E-state index is 0.179. The summed E-state index contributed by atoms with van der Waals surface area (Å²) in [5.74, 6) is -1.13. The van der Waals surface area contributed by atoms with E-state index in [1.54, 1.807) is 26.0 Å². The Hall–Kier alpha value is -1.56. The van der Waals surface area contributed by atoms with Crippen molar-refractivity contribution in [1.82, 2.24) is 4.90 Å². The monoisotopic (exact) mass is 357 g/mol. The molecule has 1 aromatic carbocycles. The van der Waals surface area contributed by atoms with Gasteiger partial charge in [0.1, 0.15) is 5.75 Å². The summed E-state index contributed by atoms with van der Waals surface area (Å²) in [7, 11) is 0. The maximum absolute atomic E-state index is 12.3. The zero-order valence-corrected chi connectivity index (χ0v) is 14.0. The van der Waals surface area contributed by atoms with Gasteiger partial charge in [0.05, 0.1) is 5.92 Å². The summed E-state index contributed by atoms with van der Waals surface area (Å²) in [6.45, 7) is 5.69. The lowest BCUT2D eigenvalue weighted by Gasteiger charge is -2.26. The lowest BCUT2D eigenvalue weighted by molar-refractivity contribution is -0.144. The second-order valence-electron chi connectivity index (χ2n) is 4.83. The Kier molecular flexibility index (Phi) is 6.68. The number of benzene rings is 1. The summed E-state index contributed by atoms with van der Waals surface area (Å²) in [6.07, 6.45) is -0.660. The van der Waals surface area contributed by atoms with Crippen LogP contribution < -0.4 is 4.74 Å². The van der Waals surface area contributed by atoms with Gasteiger partial charge < -0.3 is 14.7 Å². The molecular formula is C15H20BrNO4. The van der Waals surface area contributed by atoms with Crippen LogP contribution in [0.1, 0.15) is 20.8 Å². The molecule has 1 amide bonds. The maximum Gasteiger partial charge on any atom is 0.308 e. The summed E-state index contributed by atoms with van der Waals surface area (Å²) in [5, 5.41) is 8.93. The molecule has 21 heavy (non-hydrogen) atoms. The van der Waals surface area contributed by atoms with Crippen molar-refractivity contribution in [2.75, 3.05) is 13.1 Å². The molecule has 0 saturated heterocycles. The fourth-order valence-electron chi connectivity index (χ4n) is 1.81. The van der Waals surface area contributed by atoms with Gasteiger partial charge in [-0.05, 0) is 38.1 Å². The lowest BCUT2D eigenvalue weighted by Crippen LogP contribution is -2.43. The zero-order chi connectivity index (χ0) is 16.0. The number of likely N-dealkylation sites (N-methyl/N-ethyl adjacent to an activating group) is 1. The Morgan fingerprint density at radius 2 is 1.86 bits per heavy atom. The molecule has 0 aliphatic carbocycles. The third-order valence-electron chi connectivity index (χ3n) is 3.08. The standard InChI is InChI=1S/C15H20BrNO4/c1-4-17(9-10(2)15(19)20)14(18)11(3)21-13-7-5-12(16)6-8-13/h5-8,10-11H,4,9H2,1-3H3,(H,19,20). The number of hydrogen-bond donors (Lipinski definition) is 1. The van der Waals surface area contributed by atoms with Crippen molar-refractivity contribution >= 4 is 27.8 Å². The molecule has 0 saturated carbocycles. The van der Waals surface area contributed by atoms with E-state index in [1.165, 1.54) is 4.90 Å². The van der Waals surface area contributed by atoms with Crippen molar-refractivity contribution in [3.05, 3.63) is 28.7 Å². The Balaban J connectivity index is 2.66. The molecule has 0 fully saturated rings. The van der Waals surface area contributed by atoms with Gasteiger partial charge in [0.25, 0.3) is 5.91 Å². The molecule has 1 aromatic rings. The van der Waals surface area contributed by atoms with Crippen LogP contribution in [0.3, 0.4) is 0 Å². The summed E-state index contributed by atoms with van der Waals surface area (Å²) >= 11 is 3.33. The van der Waals surface area contributed by atoms with Gasteiger partial charge in [0.15, 0.2) is 6.10 Å². The van der Waals surface area contributed by atoms with E-state index in [1.807, 2.05) is 19.1 Å². The molecule has 6 heteroatoms. The largest absolute Gasteiger partial charge is 0.481 e. The van der Waals surface area contributed by atoms with E-state index in [-0.39, 0.29) is 12.5 Å². The van der Waals surface area contributed by atoms with Crippen molar-refractivity contribution < 1.29 is 19.4 Å². The first-order valence-electron chi connectivity index (χ1n) is 6.79. The van der Waals surface area contributed by atoms with Crippen LogP contribution in [0.4, 0.5) is 0 Å². The topological polar surface area (TPSA) is 66.8 Å². The van der Waals surface area contributed by atoms with E-state index in [0.29, 0.717) is 12.3 Å². The minimum Gasteiger partial charge on any atom is -0.481 e. The molecule has 0 bridgehead atoms. The fraction of sp³-hybridized carbons (Fsp3) is 0.467. The smallest absolute Gasteiger partial charge is 0.308 e. The van der Waals surface area contributed by atoms with Crippen molar-refractivity contribution in [3.8, 4) is 5.75 Å². The first kappa shape index (κ1) is 17.5. The predicted octanol–water partition coefficient (Wildman–Crippen LogP) is 2.79. The van der Waals surface area contributed by atoms with Crippen LogP contribution in [-0.4, -0.2) is 41.1 Å². The second-order valence-corrected chi connectivity index (χ2v) is 5.75. The van der Waals surface area contributed by atoms with Gasteiger partial charge in [0, 0.05) is 17.6 Å². The van der Waals surface area contributed by atoms with E-state index < -0.39 is 18.0 Å². The highest BCUT2D eigenvalue weighted by atomic mass is 79.9. The van der Waals surface area contributed by atoms with Crippen LogP contribution in [-0.2, 0) is 9.59 Å². The highest BCUT2D eigenvalue weighted by Gasteiger charge is 2.24. The van der Waals surface area contributed by atoms with Gasteiger partial charge in [-0.2, -0.15) is 0 Å². The fourth-order valence-corrected chi connectivity index (χ4v) is 2.07. The molecule has 0 aromatic heterocycles. The average Bonchev–Trinajstić information content (AvgIpc) is 2.45. The quantitative estimate of drug-likeness (QED) is 0.814. The number of hydrogen-bond acceptors (Lipinski definition) is 3. The Morgan fingerprint density at radius 3 is 2.33 bits per heavy atom. The predicted molar refractivity (Wildman–Crippen MR) is 83.3 cm³/mol. The average molecular weight is 358 g/mol. The van der Waals surface area contributed by atoms with Crippen LogP contribution in [0.15, 0.2) is 28.7 Å². The molecule has 0 aliphatic heterocycles. The molecule has 0 aliphatic rings. The number of halogens is 1. The summed E-state index contributed by atoms with van der Waals surface area (Å²) in [5.41, 5.74) is 0. The van der Waals surface area contributed by atoms with Crippen LogP contribution in [0.5, 0.6) is 5.75 Å². The molecule has 0 heterocycles. The highest BCUT2D eigenvalue weighted by molar-refractivity contribution is 9.10. The minimum atomic E-state index is -0.914. The van der Waals surface area contributed by atoms with Crippen LogP contribution >= 0.6 is 15.9 Å². The van der Waals surface area contributed by atoms with Crippen LogP contribution in [0.25, 0.3) is 0 Å². The number of carboxylic acid groups (broad SMARTS) is 1. The third-order valence-corrected chi connectivity index (χ3v) is 3.61. The van der Waals surface area contributed by atoms with E-state index >= 15 is 0 Å². The first-order chi connectivity index (χ1) is 9.85. The highest BCUT2D eigenvalue weighted by Crippen LogP contribution is 2.18. The second kappa shape index (κ2) is 8.02. The number of rotatable bonds is 7. The van der Waals surface area contributed by atoms with Gasteiger partial charge in [-0.25, -0.2) is 0 Å². The van der Waals surface area contributed by atoms with Crippen LogP contribution in [0, 0.1) is 5.92 Å². The lowest BCUT2D eigenvalue weighted by atomic mass is 10.1. The van der Waals surface area contributed by atoms with Gasteiger partial charge in [0.2, 0.25) is 0 Å². The van der Waals surface area contributed by atoms with Crippen molar-refractivity contribution in [3.63, 3.8) is 0 Å². The number of nitrogens with zero attached hydrogens (tertiary/aromatic N) is 1. The molecule has 5 nitrogen and oxygen atoms in total. The Bertz CT molecular complexity index is 489. The van der Waals surface area contributed by atoms with Crippen molar-refractivity contribution in [2.45, 2.75) is 26.9 Å². The van der Waals surface area contributed by atoms with Crippen LogP contribution in [0.2, 0.25) is 0 Å². The van der Waals surface area contributed by atoms with Gasteiger partial charge in [-0.1, -0.05) is 22.9 Å².